The second kappa shape index (κ2) is 7.64. The Hall–Kier alpha value is -0.890. The molecule has 2 heteroatoms. The van der Waals surface area contributed by atoms with Crippen LogP contribution < -0.4 is 5.32 Å². The van der Waals surface area contributed by atoms with Crippen molar-refractivity contribution in [1.82, 2.24) is 5.32 Å². The van der Waals surface area contributed by atoms with Gasteiger partial charge >= 0.3 is 0 Å². The predicted molar refractivity (Wildman–Crippen MR) is 81.0 cm³/mol. The molecule has 0 fully saturated rings. The van der Waals surface area contributed by atoms with Crippen molar-refractivity contribution in [1.29, 1.82) is 0 Å². The van der Waals surface area contributed by atoms with E-state index >= 15 is 0 Å². The van der Waals surface area contributed by atoms with Crippen LogP contribution in [0.1, 0.15) is 62.8 Å². The van der Waals surface area contributed by atoms with E-state index < -0.39 is 0 Å². The van der Waals surface area contributed by atoms with Crippen LogP contribution in [0, 0.1) is 25.6 Å². The van der Waals surface area contributed by atoms with Gasteiger partial charge < -0.3 is 5.32 Å². The molecule has 0 spiro atoms. The highest BCUT2D eigenvalue weighted by molar-refractivity contribution is 5.32. The van der Waals surface area contributed by atoms with Gasteiger partial charge in [0.2, 0.25) is 0 Å². The van der Waals surface area contributed by atoms with Crippen LogP contribution in [-0.2, 0) is 0 Å². The summed E-state index contributed by atoms with van der Waals surface area (Å²) in [6.45, 7) is 11.4. The molecule has 0 amide bonds. The molecule has 1 aromatic rings. The van der Waals surface area contributed by atoms with E-state index in [1.165, 1.54) is 5.56 Å². The predicted octanol–water partition coefficient (Wildman–Crippen LogP) is 4.92. The maximum atomic E-state index is 13.8. The molecule has 0 bridgehead atoms. The summed E-state index contributed by atoms with van der Waals surface area (Å²) in [5.41, 5.74) is 2.74. The van der Waals surface area contributed by atoms with Crippen LogP contribution in [0.4, 0.5) is 4.39 Å². The first-order chi connectivity index (χ1) is 9.04. The summed E-state index contributed by atoms with van der Waals surface area (Å²) in [4.78, 5) is 0. The van der Waals surface area contributed by atoms with Gasteiger partial charge in [0.05, 0.1) is 0 Å². The third-order valence-corrected chi connectivity index (χ3v) is 3.95. The number of hydrogen-bond acceptors (Lipinski definition) is 1. The van der Waals surface area contributed by atoms with E-state index in [4.69, 9.17) is 0 Å². The Labute approximate surface area is 117 Å². The average molecular weight is 265 g/mol. The maximum absolute atomic E-state index is 13.8. The third kappa shape index (κ3) is 4.04. The highest BCUT2D eigenvalue weighted by Crippen LogP contribution is 2.29. The molecule has 1 N–H and O–H groups in total. The van der Waals surface area contributed by atoms with Crippen molar-refractivity contribution in [2.75, 3.05) is 6.54 Å². The Bertz CT molecular complexity index is 373. The smallest absolute Gasteiger partial charge is 0.129 e. The summed E-state index contributed by atoms with van der Waals surface area (Å²) >= 11 is 0. The SMILES string of the molecule is CCCNC(c1cc(C)c(F)c(C)c1)C(CC)CC. The maximum Gasteiger partial charge on any atom is 0.129 e. The lowest BCUT2D eigenvalue weighted by Crippen LogP contribution is -2.29. The Morgan fingerprint density at radius 1 is 1.05 bits per heavy atom. The van der Waals surface area contributed by atoms with Gasteiger partial charge in [0, 0.05) is 6.04 Å². The van der Waals surface area contributed by atoms with Crippen LogP contribution in [0.15, 0.2) is 12.1 Å². The second-order valence-electron chi connectivity index (χ2n) is 5.48. The number of rotatable bonds is 7. The van der Waals surface area contributed by atoms with Crippen molar-refractivity contribution in [2.24, 2.45) is 5.92 Å². The summed E-state index contributed by atoms with van der Waals surface area (Å²) < 4.78 is 13.8. The molecule has 0 aliphatic rings. The van der Waals surface area contributed by atoms with Crippen LogP contribution >= 0.6 is 0 Å². The largest absolute Gasteiger partial charge is 0.310 e. The molecule has 1 nitrogen and oxygen atoms in total. The molecule has 0 saturated carbocycles. The molecular formula is C17H28FN. The van der Waals surface area contributed by atoms with E-state index in [-0.39, 0.29) is 5.82 Å². The van der Waals surface area contributed by atoms with Gasteiger partial charge in [-0.25, -0.2) is 4.39 Å². The number of halogens is 1. The van der Waals surface area contributed by atoms with Crippen molar-refractivity contribution in [3.05, 3.63) is 34.6 Å². The fourth-order valence-corrected chi connectivity index (χ4v) is 2.78. The van der Waals surface area contributed by atoms with E-state index in [2.05, 4.69) is 26.1 Å². The zero-order chi connectivity index (χ0) is 14.4. The topological polar surface area (TPSA) is 12.0 Å². The molecule has 1 atom stereocenters. The van der Waals surface area contributed by atoms with Crippen molar-refractivity contribution < 1.29 is 4.39 Å². The summed E-state index contributed by atoms with van der Waals surface area (Å²) in [5, 5.41) is 3.64. The minimum atomic E-state index is -0.0671. The van der Waals surface area contributed by atoms with Gasteiger partial charge in [-0.2, -0.15) is 0 Å². The Balaban J connectivity index is 3.09. The van der Waals surface area contributed by atoms with Crippen LogP contribution in [0.3, 0.4) is 0 Å². The number of nitrogens with one attached hydrogen (secondary N) is 1. The summed E-state index contributed by atoms with van der Waals surface area (Å²) in [7, 11) is 0. The Morgan fingerprint density at radius 3 is 2.00 bits per heavy atom. The zero-order valence-electron chi connectivity index (χ0n) is 13.0. The lowest BCUT2D eigenvalue weighted by atomic mass is 9.87. The van der Waals surface area contributed by atoms with Gasteiger partial charge in [-0.1, -0.05) is 45.7 Å². The van der Waals surface area contributed by atoms with E-state index in [1.807, 2.05) is 26.0 Å². The average Bonchev–Trinajstić information content (AvgIpc) is 2.40. The summed E-state index contributed by atoms with van der Waals surface area (Å²) in [6, 6.07) is 4.36. The molecule has 108 valence electrons. The molecular weight excluding hydrogens is 237 g/mol. The first kappa shape index (κ1) is 16.2. The molecule has 0 aliphatic heterocycles. The van der Waals surface area contributed by atoms with Gasteiger partial charge in [0.1, 0.15) is 5.82 Å². The fourth-order valence-electron chi connectivity index (χ4n) is 2.78. The number of hydrogen-bond donors (Lipinski definition) is 1. The van der Waals surface area contributed by atoms with Crippen LogP contribution in [0.5, 0.6) is 0 Å². The molecule has 19 heavy (non-hydrogen) atoms. The van der Waals surface area contributed by atoms with Crippen LogP contribution in [-0.4, -0.2) is 6.54 Å². The highest BCUT2D eigenvalue weighted by Gasteiger charge is 2.21. The number of benzene rings is 1. The lowest BCUT2D eigenvalue weighted by Gasteiger charge is -2.28. The summed E-state index contributed by atoms with van der Waals surface area (Å²) in [5.74, 6) is 0.540. The molecule has 1 rings (SSSR count). The van der Waals surface area contributed by atoms with Crippen LogP contribution in [0.2, 0.25) is 0 Å². The van der Waals surface area contributed by atoms with Crippen molar-refractivity contribution >= 4 is 0 Å². The monoisotopic (exact) mass is 265 g/mol. The highest BCUT2D eigenvalue weighted by atomic mass is 19.1. The third-order valence-electron chi connectivity index (χ3n) is 3.95. The zero-order valence-corrected chi connectivity index (χ0v) is 13.0. The first-order valence-corrected chi connectivity index (χ1v) is 7.55. The van der Waals surface area contributed by atoms with E-state index in [1.54, 1.807) is 0 Å². The van der Waals surface area contributed by atoms with Gasteiger partial charge in [-0.15, -0.1) is 0 Å². The van der Waals surface area contributed by atoms with Crippen LogP contribution in [0.25, 0.3) is 0 Å². The molecule has 0 aromatic heterocycles. The van der Waals surface area contributed by atoms with Crippen molar-refractivity contribution in [2.45, 2.75) is 59.9 Å². The van der Waals surface area contributed by atoms with Gasteiger partial charge in [-0.05, 0) is 49.4 Å². The van der Waals surface area contributed by atoms with Gasteiger partial charge in [0.15, 0.2) is 0 Å². The molecule has 0 saturated heterocycles. The van der Waals surface area contributed by atoms with Crippen molar-refractivity contribution in [3.8, 4) is 0 Å². The molecule has 0 aliphatic carbocycles. The van der Waals surface area contributed by atoms with E-state index in [0.717, 1.165) is 36.9 Å². The number of aryl methyl sites for hydroxylation is 2. The Morgan fingerprint density at radius 2 is 1.58 bits per heavy atom. The molecule has 1 aromatic carbocycles. The normalized spacial score (nSPS) is 13.0. The van der Waals surface area contributed by atoms with E-state index in [9.17, 15) is 4.39 Å². The minimum absolute atomic E-state index is 0.0671. The quantitative estimate of drug-likeness (QED) is 0.738. The summed E-state index contributed by atoms with van der Waals surface area (Å²) in [6.07, 6.45) is 3.41. The van der Waals surface area contributed by atoms with E-state index in [0.29, 0.717) is 12.0 Å². The minimum Gasteiger partial charge on any atom is -0.310 e. The lowest BCUT2D eigenvalue weighted by molar-refractivity contribution is 0.341. The fraction of sp³-hybridized carbons (Fsp3) is 0.647. The molecule has 0 heterocycles. The molecule has 0 radical (unpaired) electrons. The second-order valence-corrected chi connectivity index (χ2v) is 5.48. The van der Waals surface area contributed by atoms with Gasteiger partial charge in [0.25, 0.3) is 0 Å². The van der Waals surface area contributed by atoms with Crippen molar-refractivity contribution in [3.63, 3.8) is 0 Å². The first-order valence-electron chi connectivity index (χ1n) is 7.55. The van der Waals surface area contributed by atoms with Gasteiger partial charge in [-0.3, -0.25) is 0 Å². The Kier molecular flexibility index (Phi) is 6.50. The standard InChI is InChI=1S/C17H28FN/c1-6-9-19-17(14(7-2)8-3)15-10-12(4)16(18)13(5)11-15/h10-11,14,17,19H,6-9H2,1-5H3. The molecule has 1 unspecified atom stereocenters.